The van der Waals surface area contributed by atoms with Gasteiger partial charge in [-0.3, -0.25) is 4.90 Å². The molecule has 0 amide bonds. The summed E-state index contributed by atoms with van der Waals surface area (Å²) in [7, 11) is 1.78. The molecule has 0 unspecified atom stereocenters. The van der Waals surface area contributed by atoms with Crippen molar-refractivity contribution in [1.29, 1.82) is 0 Å². The van der Waals surface area contributed by atoms with Crippen LogP contribution in [0.25, 0.3) is 0 Å². The van der Waals surface area contributed by atoms with Gasteiger partial charge in [0.25, 0.3) is 0 Å². The Balaban J connectivity index is 2.35. The SMILES string of the molecule is CO[C@@H](COC(C)(C)C)CN1CCCC[C@H]1C. The van der Waals surface area contributed by atoms with Gasteiger partial charge in [0.05, 0.1) is 18.3 Å². The monoisotopic (exact) mass is 243 g/mol. The molecule has 17 heavy (non-hydrogen) atoms. The Morgan fingerprint density at radius 2 is 2.00 bits per heavy atom. The van der Waals surface area contributed by atoms with E-state index in [1.807, 2.05) is 0 Å². The standard InChI is InChI=1S/C14H29NO2/c1-12-8-6-7-9-15(12)10-13(16-5)11-17-14(2,3)4/h12-13H,6-11H2,1-5H3/t12-,13-/m1/s1. The quantitative estimate of drug-likeness (QED) is 0.741. The smallest absolute Gasteiger partial charge is 0.0931 e. The van der Waals surface area contributed by atoms with Gasteiger partial charge >= 0.3 is 0 Å². The van der Waals surface area contributed by atoms with Crippen molar-refractivity contribution >= 4 is 0 Å². The van der Waals surface area contributed by atoms with Crippen LogP contribution in [-0.4, -0.2) is 49.5 Å². The lowest BCUT2D eigenvalue weighted by molar-refractivity contribution is -0.0728. The number of ether oxygens (including phenoxy) is 2. The summed E-state index contributed by atoms with van der Waals surface area (Å²) in [6.07, 6.45) is 4.19. The second-order valence-electron chi connectivity index (χ2n) is 6.12. The second-order valence-corrected chi connectivity index (χ2v) is 6.12. The number of methoxy groups -OCH3 is 1. The molecule has 1 rings (SSSR count). The molecule has 1 aliphatic heterocycles. The summed E-state index contributed by atoms with van der Waals surface area (Å²) in [5.74, 6) is 0. The van der Waals surface area contributed by atoms with Crippen LogP contribution in [0.15, 0.2) is 0 Å². The van der Waals surface area contributed by atoms with Crippen LogP contribution in [0.4, 0.5) is 0 Å². The fourth-order valence-corrected chi connectivity index (χ4v) is 2.23. The highest BCUT2D eigenvalue weighted by Crippen LogP contribution is 2.17. The molecule has 3 nitrogen and oxygen atoms in total. The summed E-state index contributed by atoms with van der Waals surface area (Å²) in [6.45, 7) is 11.5. The second kappa shape index (κ2) is 6.72. The van der Waals surface area contributed by atoms with Gasteiger partial charge in [0, 0.05) is 19.7 Å². The first-order chi connectivity index (χ1) is 7.92. The Morgan fingerprint density at radius 3 is 2.53 bits per heavy atom. The lowest BCUT2D eigenvalue weighted by Gasteiger charge is -2.36. The van der Waals surface area contributed by atoms with E-state index < -0.39 is 0 Å². The fourth-order valence-electron chi connectivity index (χ4n) is 2.23. The van der Waals surface area contributed by atoms with Crippen LogP contribution in [-0.2, 0) is 9.47 Å². The molecule has 1 fully saturated rings. The maximum absolute atomic E-state index is 5.81. The third-order valence-electron chi connectivity index (χ3n) is 3.41. The molecule has 0 radical (unpaired) electrons. The van der Waals surface area contributed by atoms with Crippen LogP contribution in [0.3, 0.4) is 0 Å². The average molecular weight is 243 g/mol. The largest absolute Gasteiger partial charge is 0.378 e. The zero-order chi connectivity index (χ0) is 12.9. The van der Waals surface area contributed by atoms with Crippen molar-refractivity contribution in [1.82, 2.24) is 4.90 Å². The highest BCUT2D eigenvalue weighted by Gasteiger charge is 2.23. The first-order valence-electron chi connectivity index (χ1n) is 6.83. The van der Waals surface area contributed by atoms with Crippen molar-refractivity contribution < 1.29 is 9.47 Å². The molecule has 0 aliphatic carbocycles. The Bertz CT molecular complexity index is 213. The van der Waals surface area contributed by atoms with Crippen LogP contribution in [0.5, 0.6) is 0 Å². The third kappa shape index (κ3) is 5.84. The van der Waals surface area contributed by atoms with Gasteiger partial charge in [0.2, 0.25) is 0 Å². The van der Waals surface area contributed by atoms with Gasteiger partial charge in [-0.15, -0.1) is 0 Å². The van der Waals surface area contributed by atoms with Gasteiger partial charge in [0.1, 0.15) is 0 Å². The molecule has 102 valence electrons. The summed E-state index contributed by atoms with van der Waals surface area (Å²) in [5.41, 5.74) is -0.0791. The highest BCUT2D eigenvalue weighted by atomic mass is 16.5. The van der Waals surface area contributed by atoms with Crippen LogP contribution in [0, 0.1) is 0 Å². The zero-order valence-electron chi connectivity index (χ0n) is 12.2. The van der Waals surface area contributed by atoms with E-state index in [2.05, 4.69) is 32.6 Å². The summed E-state index contributed by atoms with van der Waals surface area (Å²) < 4.78 is 11.3. The van der Waals surface area contributed by atoms with Crippen LogP contribution >= 0.6 is 0 Å². The fraction of sp³-hybridized carbons (Fsp3) is 1.00. The number of piperidine rings is 1. The van der Waals surface area contributed by atoms with Crippen LogP contribution in [0.1, 0.15) is 47.0 Å². The van der Waals surface area contributed by atoms with E-state index in [9.17, 15) is 0 Å². The van der Waals surface area contributed by atoms with Crippen molar-refractivity contribution in [3.63, 3.8) is 0 Å². The Kier molecular flexibility index (Phi) is 5.90. The van der Waals surface area contributed by atoms with Gasteiger partial charge < -0.3 is 9.47 Å². The molecule has 1 saturated heterocycles. The molecule has 1 heterocycles. The van der Waals surface area contributed by atoms with E-state index in [4.69, 9.17) is 9.47 Å². The molecule has 0 aromatic heterocycles. The number of nitrogens with zero attached hydrogens (tertiary/aromatic N) is 1. The molecule has 0 spiro atoms. The highest BCUT2D eigenvalue weighted by molar-refractivity contribution is 4.76. The summed E-state index contributed by atoms with van der Waals surface area (Å²) in [4.78, 5) is 2.53. The third-order valence-corrected chi connectivity index (χ3v) is 3.41. The lowest BCUT2D eigenvalue weighted by Crippen LogP contribution is -2.44. The van der Waals surface area contributed by atoms with Gasteiger partial charge in [-0.05, 0) is 47.1 Å². The molecule has 0 aromatic carbocycles. The number of hydrogen-bond acceptors (Lipinski definition) is 3. The number of likely N-dealkylation sites (tertiary alicyclic amines) is 1. The summed E-state index contributed by atoms with van der Waals surface area (Å²) >= 11 is 0. The van der Waals surface area contributed by atoms with E-state index in [1.54, 1.807) is 7.11 Å². The molecule has 3 heteroatoms. The molecule has 2 atom stereocenters. The molecule has 1 aliphatic rings. The molecular formula is C14H29NO2. The molecule has 0 aromatic rings. The minimum Gasteiger partial charge on any atom is -0.378 e. The van der Waals surface area contributed by atoms with E-state index in [1.165, 1.54) is 25.8 Å². The van der Waals surface area contributed by atoms with Crippen molar-refractivity contribution in [2.75, 3.05) is 26.8 Å². The van der Waals surface area contributed by atoms with Gasteiger partial charge in [-0.1, -0.05) is 6.42 Å². The zero-order valence-corrected chi connectivity index (χ0v) is 12.2. The Labute approximate surface area is 106 Å². The Morgan fingerprint density at radius 1 is 1.29 bits per heavy atom. The molecular weight excluding hydrogens is 214 g/mol. The minimum absolute atomic E-state index is 0.0791. The normalized spacial score (nSPS) is 24.9. The lowest BCUT2D eigenvalue weighted by atomic mass is 10.0. The van der Waals surface area contributed by atoms with E-state index in [-0.39, 0.29) is 11.7 Å². The predicted octanol–water partition coefficient (Wildman–Crippen LogP) is 2.69. The van der Waals surface area contributed by atoms with Crippen molar-refractivity contribution in [2.24, 2.45) is 0 Å². The first-order valence-corrected chi connectivity index (χ1v) is 6.83. The van der Waals surface area contributed by atoms with E-state index in [0.29, 0.717) is 12.6 Å². The molecule has 0 bridgehead atoms. The summed E-state index contributed by atoms with van der Waals surface area (Å²) in [6, 6.07) is 0.691. The average Bonchev–Trinajstić information content (AvgIpc) is 2.25. The van der Waals surface area contributed by atoms with Crippen molar-refractivity contribution in [3.05, 3.63) is 0 Å². The van der Waals surface area contributed by atoms with Gasteiger partial charge in [-0.2, -0.15) is 0 Å². The van der Waals surface area contributed by atoms with Gasteiger partial charge in [-0.25, -0.2) is 0 Å². The van der Waals surface area contributed by atoms with E-state index >= 15 is 0 Å². The van der Waals surface area contributed by atoms with Gasteiger partial charge in [0.15, 0.2) is 0 Å². The summed E-state index contributed by atoms with van der Waals surface area (Å²) in [5, 5.41) is 0. The topological polar surface area (TPSA) is 21.7 Å². The molecule has 0 saturated carbocycles. The Hall–Kier alpha value is -0.120. The predicted molar refractivity (Wildman–Crippen MR) is 71.4 cm³/mol. The maximum Gasteiger partial charge on any atom is 0.0931 e. The maximum atomic E-state index is 5.81. The van der Waals surface area contributed by atoms with Crippen LogP contribution < -0.4 is 0 Å². The van der Waals surface area contributed by atoms with Crippen LogP contribution in [0.2, 0.25) is 0 Å². The number of hydrogen-bond donors (Lipinski definition) is 0. The first kappa shape index (κ1) is 14.9. The van der Waals surface area contributed by atoms with E-state index in [0.717, 1.165) is 6.54 Å². The molecule has 0 N–H and O–H groups in total. The minimum atomic E-state index is -0.0791. The number of rotatable bonds is 5. The van der Waals surface area contributed by atoms with Crippen molar-refractivity contribution in [2.45, 2.75) is 64.7 Å². The van der Waals surface area contributed by atoms with Crippen molar-refractivity contribution in [3.8, 4) is 0 Å².